The lowest BCUT2D eigenvalue weighted by molar-refractivity contribution is -0.140. The Labute approximate surface area is 147 Å². The molecule has 132 valence electrons. The first-order valence-corrected chi connectivity index (χ1v) is 8.74. The summed E-state index contributed by atoms with van der Waals surface area (Å²) in [6, 6.07) is 5.68. The molecule has 7 nitrogen and oxygen atoms in total. The summed E-state index contributed by atoms with van der Waals surface area (Å²) in [6.07, 6.45) is 3.33. The summed E-state index contributed by atoms with van der Waals surface area (Å²) in [5, 5.41) is 8.84. The molecule has 1 aromatic rings. The number of pyridine rings is 1. The number of carbonyl (C=O) groups excluding carboxylic acids is 2. The SMILES string of the molecule is CC(=O)N1CCCC(C(=O)N2CCN(c3ccc(C#N)cn3)CC2)C1. The molecule has 0 saturated carbocycles. The molecule has 1 unspecified atom stereocenters. The highest BCUT2D eigenvalue weighted by molar-refractivity contribution is 5.81. The van der Waals surface area contributed by atoms with Gasteiger partial charge in [0.25, 0.3) is 0 Å². The van der Waals surface area contributed by atoms with Crippen LogP contribution in [0.25, 0.3) is 0 Å². The molecule has 0 bridgehead atoms. The van der Waals surface area contributed by atoms with Crippen LogP contribution >= 0.6 is 0 Å². The average Bonchev–Trinajstić information content (AvgIpc) is 2.67. The molecule has 2 saturated heterocycles. The zero-order valence-corrected chi connectivity index (χ0v) is 14.5. The Balaban J connectivity index is 1.55. The van der Waals surface area contributed by atoms with Crippen molar-refractivity contribution in [3.8, 4) is 6.07 Å². The third-order valence-electron chi connectivity index (χ3n) is 5.01. The Morgan fingerprint density at radius 3 is 2.52 bits per heavy atom. The summed E-state index contributed by atoms with van der Waals surface area (Å²) >= 11 is 0. The van der Waals surface area contributed by atoms with Crippen molar-refractivity contribution in [3.05, 3.63) is 23.9 Å². The van der Waals surface area contributed by atoms with Gasteiger partial charge in [-0.2, -0.15) is 5.26 Å². The second kappa shape index (κ2) is 7.51. The number of anilines is 1. The van der Waals surface area contributed by atoms with Crippen molar-refractivity contribution in [2.45, 2.75) is 19.8 Å². The molecule has 2 aliphatic heterocycles. The highest BCUT2D eigenvalue weighted by atomic mass is 16.2. The first-order chi connectivity index (χ1) is 12.1. The van der Waals surface area contributed by atoms with E-state index in [0.717, 1.165) is 38.3 Å². The van der Waals surface area contributed by atoms with Crippen molar-refractivity contribution in [2.75, 3.05) is 44.2 Å². The van der Waals surface area contributed by atoms with Crippen LogP contribution in [0.3, 0.4) is 0 Å². The maximum absolute atomic E-state index is 12.8. The zero-order chi connectivity index (χ0) is 17.8. The predicted molar refractivity (Wildman–Crippen MR) is 92.7 cm³/mol. The molecule has 7 heteroatoms. The van der Waals surface area contributed by atoms with Gasteiger partial charge in [0.1, 0.15) is 11.9 Å². The number of carbonyl (C=O) groups is 2. The van der Waals surface area contributed by atoms with Crippen molar-refractivity contribution in [1.29, 1.82) is 5.26 Å². The molecule has 2 fully saturated rings. The molecule has 3 heterocycles. The molecule has 1 atom stereocenters. The Hall–Kier alpha value is -2.62. The highest BCUT2D eigenvalue weighted by Crippen LogP contribution is 2.21. The smallest absolute Gasteiger partial charge is 0.227 e. The maximum atomic E-state index is 12.8. The van der Waals surface area contributed by atoms with Crippen LogP contribution in [0.5, 0.6) is 0 Å². The normalized spacial score (nSPS) is 21.0. The number of nitriles is 1. The van der Waals surface area contributed by atoms with Gasteiger partial charge in [0, 0.05) is 52.4 Å². The Kier molecular flexibility index (Phi) is 5.17. The van der Waals surface area contributed by atoms with E-state index < -0.39 is 0 Å². The summed E-state index contributed by atoms with van der Waals surface area (Å²) in [5.74, 6) is 0.983. The molecule has 0 aliphatic carbocycles. The molecule has 0 N–H and O–H groups in total. The van der Waals surface area contributed by atoms with Crippen LogP contribution < -0.4 is 4.90 Å². The number of aromatic nitrogens is 1. The lowest BCUT2D eigenvalue weighted by Gasteiger charge is -2.39. The number of hydrogen-bond acceptors (Lipinski definition) is 5. The fourth-order valence-corrected chi connectivity index (χ4v) is 3.52. The average molecular weight is 341 g/mol. The summed E-state index contributed by atoms with van der Waals surface area (Å²) in [5.41, 5.74) is 0.546. The monoisotopic (exact) mass is 341 g/mol. The van der Waals surface area contributed by atoms with Crippen LogP contribution in [0.2, 0.25) is 0 Å². The zero-order valence-electron chi connectivity index (χ0n) is 14.5. The molecule has 25 heavy (non-hydrogen) atoms. The molecule has 0 spiro atoms. The fraction of sp³-hybridized carbons (Fsp3) is 0.556. The van der Waals surface area contributed by atoms with Gasteiger partial charge in [0.05, 0.1) is 11.5 Å². The Morgan fingerprint density at radius 2 is 1.92 bits per heavy atom. The van der Waals surface area contributed by atoms with Crippen molar-refractivity contribution in [1.82, 2.24) is 14.8 Å². The number of piperazine rings is 1. The van der Waals surface area contributed by atoms with Crippen molar-refractivity contribution in [2.24, 2.45) is 5.92 Å². The predicted octanol–water partition coefficient (Wildman–Crippen LogP) is 0.860. The standard InChI is InChI=1S/C18H23N5O2/c1-14(24)23-6-2-3-16(13-23)18(25)22-9-7-21(8-10-22)17-5-4-15(11-19)12-20-17/h4-5,12,16H,2-3,6-10,13H2,1H3. The van der Waals surface area contributed by atoms with E-state index in [1.165, 1.54) is 0 Å². The largest absolute Gasteiger partial charge is 0.353 e. The van der Waals surface area contributed by atoms with E-state index in [-0.39, 0.29) is 17.7 Å². The fourth-order valence-electron chi connectivity index (χ4n) is 3.52. The van der Waals surface area contributed by atoms with E-state index >= 15 is 0 Å². The van der Waals surface area contributed by atoms with Crippen LogP contribution in [0, 0.1) is 17.2 Å². The quantitative estimate of drug-likeness (QED) is 0.797. The van der Waals surface area contributed by atoms with Crippen LogP contribution in [0.4, 0.5) is 5.82 Å². The summed E-state index contributed by atoms with van der Waals surface area (Å²) in [7, 11) is 0. The van der Waals surface area contributed by atoms with Crippen LogP contribution in [0.1, 0.15) is 25.3 Å². The van der Waals surface area contributed by atoms with Crippen molar-refractivity contribution in [3.63, 3.8) is 0 Å². The van der Waals surface area contributed by atoms with Gasteiger partial charge < -0.3 is 14.7 Å². The molecular weight excluding hydrogens is 318 g/mol. The van der Waals surface area contributed by atoms with Gasteiger partial charge in [-0.3, -0.25) is 9.59 Å². The van der Waals surface area contributed by atoms with Gasteiger partial charge in [-0.05, 0) is 25.0 Å². The topological polar surface area (TPSA) is 80.5 Å². The van der Waals surface area contributed by atoms with E-state index in [2.05, 4.69) is 16.0 Å². The minimum atomic E-state index is -0.0720. The molecule has 0 radical (unpaired) electrons. The van der Waals surface area contributed by atoms with Crippen LogP contribution in [-0.2, 0) is 9.59 Å². The van der Waals surface area contributed by atoms with Crippen LogP contribution in [-0.4, -0.2) is 65.9 Å². The molecule has 2 amide bonds. The number of piperidine rings is 1. The highest BCUT2D eigenvalue weighted by Gasteiger charge is 2.31. The van der Waals surface area contributed by atoms with Gasteiger partial charge in [-0.15, -0.1) is 0 Å². The number of nitrogens with zero attached hydrogens (tertiary/aromatic N) is 5. The molecule has 3 rings (SSSR count). The van der Waals surface area contributed by atoms with E-state index in [1.54, 1.807) is 24.1 Å². The van der Waals surface area contributed by atoms with Crippen molar-refractivity contribution < 1.29 is 9.59 Å². The van der Waals surface area contributed by atoms with Gasteiger partial charge >= 0.3 is 0 Å². The first-order valence-electron chi connectivity index (χ1n) is 8.74. The van der Waals surface area contributed by atoms with Gasteiger partial charge in [-0.25, -0.2) is 4.98 Å². The maximum Gasteiger partial charge on any atom is 0.227 e. The summed E-state index contributed by atoms with van der Waals surface area (Å²) in [6.45, 7) is 5.66. The Morgan fingerprint density at radius 1 is 1.16 bits per heavy atom. The lowest BCUT2D eigenvalue weighted by atomic mass is 9.96. The van der Waals surface area contributed by atoms with Gasteiger partial charge in [0.2, 0.25) is 11.8 Å². The lowest BCUT2D eigenvalue weighted by Crippen LogP contribution is -2.53. The third kappa shape index (κ3) is 3.90. The molecular formula is C18H23N5O2. The van der Waals surface area contributed by atoms with E-state index in [1.807, 2.05) is 11.0 Å². The van der Waals surface area contributed by atoms with E-state index in [9.17, 15) is 9.59 Å². The minimum Gasteiger partial charge on any atom is -0.353 e. The second-order valence-electron chi connectivity index (χ2n) is 6.63. The first kappa shape index (κ1) is 17.2. The Bertz CT molecular complexity index is 674. The summed E-state index contributed by atoms with van der Waals surface area (Å²) in [4.78, 5) is 34.5. The summed E-state index contributed by atoms with van der Waals surface area (Å²) < 4.78 is 0. The third-order valence-corrected chi connectivity index (χ3v) is 5.01. The second-order valence-corrected chi connectivity index (χ2v) is 6.63. The van der Waals surface area contributed by atoms with Gasteiger partial charge in [0.15, 0.2) is 0 Å². The number of hydrogen-bond donors (Lipinski definition) is 0. The molecule has 1 aromatic heterocycles. The minimum absolute atomic E-state index is 0.0502. The van der Waals surface area contributed by atoms with Crippen molar-refractivity contribution >= 4 is 17.6 Å². The van der Waals surface area contributed by atoms with Crippen LogP contribution in [0.15, 0.2) is 18.3 Å². The molecule has 0 aromatic carbocycles. The number of rotatable bonds is 2. The van der Waals surface area contributed by atoms with E-state index in [0.29, 0.717) is 25.2 Å². The van der Waals surface area contributed by atoms with E-state index in [4.69, 9.17) is 5.26 Å². The van der Waals surface area contributed by atoms with Gasteiger partial charge in [-0.1, -0.05) is 0 Å². The number of likely N-dealkylation sites (tertiary alicyclic amines) is 1. The molecule has 2 aliphatic rings. The number of amides is 2.